The van der Waals surface area contributed by atoms with Crippen molar-refractivity contribution >= 4 is 22.6 Å². The number of H-pyrrole nitrogens is 1. The second-order valence-electron chi connectivity index (χ2n) is 5.93. The van der Waals surface area contributed by atoms with E-state index in [-0.39, 0.29) is 11.8 Å². The number of hydrogen-bond donors (Lipinski definition) is 2. The van der Waals surface area contributed by atoms with Crippen LogP contribution in [-0.2, 0) is 4.79 Å². The van der Waals surface area contributed by atoms with Crippen molar-refractivity contribution in [3.05, 3.63) is 30.3 Å². The quantitative estimate of drug-likeness (QED) is 0.909. The van der Waals surface area contributed by atoms with Crippen molar-refractivity contribution in [3.63, 3.8) is 0 Å². The zero-order valence-corrected chi connectivity index (χ0v) is 12.5. The molecular weight excluding hydrogens is 307 g/mol. The van der Waals surface area contributed by atoms with Gasteiger partial charge < -0.3 is 10.3 Å². The molecule has 2 heterocycles. The molecule has 1 aromatic heterocycles. The first kappa shape index (κ1) is 15.9. The maximum Gasteiger partial charge on any atom is 0.401 e. The first-order chi connectivity index (χ1) is 10.9. The van der Waals surface area contributed by atoms with E-state index in [4.69, 9.17) is 0 Å². The minimum atomic E-state index is -4.18. The number of carbonyl (C=O) groups excluding carboxylic acids is 1. The van der Waals surface area contributed by atoms with Gasteiger partial charge in [-0.1, -0.05) is 18.2 Å². The van der Waals surface area contributed by atoms with Crippen molar-refractivity contribution in [2.24, 2.45) is 5.92 Å². The van der Waals surface area contributed by atoms with Gasteiger partial charge in [0.05, 0.1) is 6.54 Å². The number of aromatic amines is 1. The number of anilines is 1. The summed E-state index contributed by atoms with van der Waals surface area (Å²) in [6, 6.07) is 9.53. The van der Waals surface area contributed by atoms with Crippen molar-refractivity contribution in [1.82, 2.24) is 9.88 Å². The lowest BCUT2D eigenvalue weighted by Gasteiger charge is -2.31. The Morgan fingerprint density at radius 1 is 1.26 bits per heavy atom. The van der Waals surface area contributed by atoms with Gasteiger partial charge in [-0.15, -0.1) is 0 Å². The third-order valence-corrected chi connectivity index (χ3v) is 4.15. The van der Waals surface area contributed by atoms with Crippen molar-refractivity contribution in [2.45, 2.75) is 19.0 Å². The van der Waals surface area contributed by atoms with Crippen LogP contribution in [0.5, 0.6) is 0 Å². The number of piperidine rings is 1. The van der Waals surface area contributed by atoms with Crippen molar-refractivity contribution in [2.75, 3.05) is 25.0 Å². The van der Waals surface area contributed by atoms with E-state index in [1.54, 1.807) is 0 Å². The van der Waals surface area contributed by atoms with E-state index in [0.29, 0.717) is 31.7 Å². The van der Waals surface area contributed by atoms with Crippen LogP contribution in [0.4, 0.5) is 19.0 Å². The number of para-hydroxylation sites is 1. The number of rotatable bonds is 3. The molecule has 1 aromatic carbocycles. The highest BCUT2D eigenvalue weighted by Gasteiger charge is 2.33. The van der Waals surface area contributed by atoms with Crippen LogP contribution in [0.2, 0.25) is 0 Å². The fraction of sp³-hybridized carbons (Fsp3) is 0.438. The summed E-state index contributed by atoms with van der Waals surface area (Å²) < 4.78 is 37.1. The molecule has 0 saturated carbocycles. The Kier molecular flexibility index (Phi) is 4.30. The Hall–Kier alpha value is -2.02. The molecule has 1 amide bonds. The predicted molar refractivity (Wildman–Crippen MR) is 82.1 cm³/mol. The Balaban J connectivity index is 1.55. The molecule has 0 radical (unpaired) electrons. The van der Waals surface area contributed by atoms with Crippen LogP contribution < -0.4 is 5.32 Å². The number of hydrogen-bond acceptors (Lipinski definition) is 2. The molecule has 0 atom stereocenters. The standard InChI is InChI=1S/C16H18F3N3O/c17-16(18,19)10-22-7-5-11(6-8-22)15(23)21-14-9-12-3-1-2-4-13(12)20-14/h1-4,9,11,20H,5-8,10H2,(H,21,23). The molecule has 1 aliphatic rings. The summed E-state index contributed by atoms with van der Waals surface area (Å²) in [7, 11) is 0. The van der Waals surface area contributed by atoms with Gasteiger partial charge >= 0.3 is 6.18 Å². The van der Waals surface area contributed by atoms with Gasteiger partial charge in [-0.25, -0.2) is 0 Å². The Bertz CT molecular complexity index is 654. The lowest BCUT2D eigenvalue weighted by atomic mass is 9.96. The van der Waals surface area contributed by atoms with Crippen LogP contribution in [0.1, 0.15) is 12.8 Å². The molecule has 1 saturated heterocycles. The highest BCUT2D eigenvalue weighted by Crippen LogP contribution is 2.24. The number of nitrogens with zero attached hydrogens (tertiary/aromatic N) is 1. The number of likely N-dealkylation sites (tertiary alicyclic amines) is 1. The van der Waals surface area contributed by atoms with Crippen LogP contribution in [0.15, 0.2) is 30.3 Å². The van der Waals surface area contributed by atoms with Gasteiger partial charge in [-0.05, 0) is 38.1 Å². The molecule has 0 aliphatic carbocycles. The van der Waals surface area contributed by atoms with E-state index >= 15 is 0 Å². The van der Waals surface area contributed by atoms with E-state index in [9.17, 15) is 18.0 Å². The molecular formula is C16H18F3N3O. The molecule has 1 fully saturated rings. The number of nitrogens with one attached hydrogen (secondary N) is 2. The highest BCUT2D eigenvalue weighted by atomic mass is 19.4. The van der Waals surface area contributed by atoms with Gasteiger partial charge in [0, 0.05) is 16.8 Å². The third-order valence-electron chi connectivity index (χ3n) is 4.15. The summed E-state index contributed by atoms with van der Waals surface area (Å²) in [5, 5.41) is 3.83. The maximum atomic E-state index is 12.4. The van der Waals surface area contributed by atoms with E-state index in [2.05, 4.69) is 10.3 Å². The average Bonchev–Trinajstić information content (AvgIpc) is 2.88. The van der Waals surface area contributed by atoms with Gasteiger partial charge in [0.1, 0.15) is 5.82 Å². The third kappa shape index (κ3) is 4.04. The molecule has 0 unspecified atom stereocenters. The summed E-state index contributed by atoms with van der Waals surface area (Å²) in [6.45, 7) is -0.308. The van der Waals surface area contributed by atoms with Crippen LogP contribution in [0.25, 0.3) is 10.9 Å². The summed E-state index contributed by atoms with van der Waals surface area (Å²) >= 11 is 0. The fourth-order valence-corrected chi connectivity index (χ4v) is 2.98. The van der Waals surface area contributed by atoms with Gasteiger partial charge in [-0.2, -0.15) is 13.2 Å². The molecule has 1 aliphatic heterocycles. The number of fused-ring (bicyclic) bond motifs is 1. The lowest BCUT2D eigenvalue weighted by Crippen LogP contribution is -2.42. The van der Waals surface area contributed by atoms with E-state index in [0.717, 1.165) is 10.9 Å². The molecule has 0 spiro atoms. The SMILES string of the molecule is O=C(Nc1cc2ccccc2[nH]1)C1CCN(CC(F)(F)F)CC1. The number of carbonyl (C=O) groups is 1. The zero-order chi connectivity index (χ0) is 16.4. The number of aromatic nitrogens is 1. The highest BCUT2D eigenvalue weighted by molar-refractivity contribution is 5.95. The number of alkyl halides is 3. The number of halogens is 3. The molecule has 2 N–H and O–H groups in total. The monoisotopic (exact) mass is 325 g/mol. The maximum absolute atomic E-state index is 12.4. The normalized spacial score (nSPS) is 17.5. The molecule has 3 rings (SSSR count). The summed E-state index contributed by atoms with van der Waals surface area (Å²) in [5.41, 5.74) is 0.933. The average molecular weight is 325 g/mol. The van der Waals surface area contributed by atoms with Crippen LogP contribution in [0.3, 0.4) is 0 Å². The van der Waals surface area contributed by atoms with Crippen LogP contribution in [0, 0.1) is 5.92 Å². The predicted octanol–water partition coefficient (Wildman–Crippen LogP) is 3.38. The first-order valence-corrected chi connectivity index (χ1v) is 7.58. The fourth-order valence-electron chi connectivity index (χ4n) is 2.98. The van der Waals surface area contributed by atoms with Gasteiger partial charge in [0.2, 0.25) is 5.91 Å². The van der Waals surface area contributed by atoms with Crippen molar-refractivity contribution in [1.29, 1.82) is 0 Å². The van der Waals surface area contributed by atoms with Gasteiger partial charge in [0.25, 0.3) is 0 Å². The minimum absolute atomic E-state index is 0.136. The van der Waals surface area contributed by atoms with Crippen molar-refractivity contribution < 1.29 is 18.0 Å². The topological polar surface area (TPSA) is 48.1 Å². The minimum Gasteiger partial charge on any atom is -0.341 e. The van der Waals surface area contributed by atoms with Crippen LogP contribution in [-0.4, -0.2) is 41.6 Å². The number of amides is 1. The van der Waals surface area contributed by atoms with Gasteiger partial charge in [0.15, 0.2) is 0 Å². The Morgan fingerprint density at radius 3 is 2.61 bits per heavy atom. The largest absolute Gasteiger partial charge is 0.401 e. The van der Waals surface area contributed by atoms with E-state index in [1.807, 2.05) is 30.3 Å². The lowest BCUT2D eigenvalue weighted by molar-refractivity contribution is -0.149. The summed E-state index contributed by atoms with van der Waals surface area (Å²) in [5.74, 6) is 0.239. The molecule has 124 valence electrons. The van der Waals surface area contributed by atoms with E-state index < -0.39 is 12.7 Å². The first-order valence-electron chi connectivity index (χ1n) is 7.58. The molecule has 7 heteroatoms. The second-order valence-corrected chi connectivity index (χ2v) is 5.93. The molecule has 23 heavy (non-hydrogen) atoms. The molecule has 0 bridgehead atoms. The Morgan fingerprint density at radius 2 is 1.96 bits per heavy atom. The zero-order valence-electron chi connectivity index (χ0n) is 12.5. The smallest absolute Gasteiger partial charge is 0.341 e. The van der Waals surface area contributed by atoms with Gasteiger partial charge in [-0.3, -0.25) is 9.69 Å². The summed E-state index contributed by atoms with van der Waals surface area (Å²) in [4.78, 5) is 16.7. The number of benzene rings is 1. The molecule has 4 nitrogen and oxygen atoms in total. The molecule has 2 aromatic rings. The second kappa shape index (κ2) is 6.23. The van der Waals surface area contributed by atoms with E-state index in [1.165, 1.54) is 4.90 Å². The van der Waals surface area contributed by atoms with Crippen LogP contribution >= 0.6 is 0 Å². The Labute approximate surface area is 131 Å². The van der Waals surface area contributed by atoms with Crippen molar-refractivity contribution in [3.8, 4) is 0 Å². The summed E-state index contributed by atoms with van der Waals surface area (Å²) in [6.07, 6.45) is -3.29.